The van der Waals surface area contributed by atoms with E-state index in [2.05, 4.69) is 49.8 Å². The first-order valence-electron chi connectivity index (χ1n) is 7.19. The summed E-state index contributed by atoms with van der Waals surface area (Å²) in [7, 11) is 1.80. The zero-order valence-corrected chi connectivity index (χ0v) is 12.1. The Bertz CT molecular complexity index is 604. The second-order valence-electron chi connectivity index (χ2n) is 5.11. The SMILES string of the molecule is CNc1cc(Nc2ccc(N3CCCC3)cc2)nc(N)n1. The van der Waals surface area contributed by atoms with Gasteiger partial charge in [-0.15, -0.1) is 0 Å². The Morgan fingerprint density at radius 3 is 2.38 bits per heavy atom. The van der Waals surface area contributed by atoms with Crippen LogP contribution in [0.3, 0.4) is 0 Å². The van der Waals surface area contributed by atoms with Gasteiger partial charge >= 0.3 is 0 Å². The lowest BCUT2D eigenvalue weighted by atomic mass is 10.2. The third-order valence-electron chi connectivity index (χ3n) is 3.61. The second kappa shape index (κ2) is 5.87. The van der Waals surface area contributed by atoms with Crippen molar-refractivity contribution in [3.05, 3.63) is 30.3 Å². The van der Waals surface area contributed by atoms with Gasteiger partial charge in [0, 0.05) is 37.6 Å². The molecular weight excluding hydrogens is 264 g/mol. The largest absolute Gasteiger partial charge is 0.373 e. The highest BCUT2D eigenvalue weighted by Crippen LogP contribution is 2.24. The first-order valence-corrected chi connectivity index (χ1v) is 7.19. The van der Waals surface area contributed by atoms with Crippen LogP contribution in [0.5, 0.6) is 0 Å². The molecule has 0 atom stereocenters. The number of hydrogen-bond acceptors (Lipinski definition) is 6. The number of nitrogen functional groups attached to an aromatic ring is 1. The van der Waals surface area contributed by atoms with E-state index in [1.165, 1.54) is 18.5 Å². The van der Waals surface area contributed by atoms with E-state index in [9.17, 15) is 0 Å². The molecule has 21 heavy (non-hydrogen) atoms. The molecular formula is C15H20N6. The Balaban J connectivity index is 1.74. The van der Waals surface area contributed by atoms with Crippen LogP contribution in [0, 0.1) is 0 Å². The van der Waals surface area contributed by atoms with Crippen LogP contribution >= 0.6 is 0 Å². The Hall–Kier alpha value is -2.50. The molecule has 110 valence electrons. The van der Waals surface area contributed by atoms with Crippen molar-refractivity contribution in [3.8, 4) is 0 Å². The molecule has 2 heterocycles. The number of anilines is 5. The van der Waals surface area contributed by atoms with E-state index in [1.54, 1.807) is 7.05 Å². The lowest BCUT2D eigenvalue weighted by molar-refractivity contribution is 0.949. The number of nitrogens with zero attached hydrogens (tertiary/aromatic N) is 3. The molecule has 0 radical (unpaired) electrons. The van der Waals surface area contributed by atoms with Gasteiger partial charge < -0.3 is 21.3 Å². The molecule has 4 N–H and O–H groups in total. The zero-order chi connectivity index (χ0) is 14.7. The minimum Gasteiger partial charge on any atom is -0.373 e. The number of hydrogen-bond donors (Lipinski definition) is 3. The van der Waals surface area contributed by atoms with Crippen molar-refractivity contribution in [1.82, 2.24) is 9.97 Å². The van der Waals surface area contributed by atoms with Crippen molar-refractivity contribution in [1.29, 1.82) is 0 Å². The van der Waals surface area contributed by atoms with E-state index in [0.29, 0.717) is 11.6 Å². The molecule has 0 spiro atoms. The van der Waals surface area contributed by atoms with Gasteiger partial charge in [-0.25, -0.2) is 0 Å². The Morgan fingerprint density at radius 2 is 1.71 bits per heavy atom. The third-order valence-corrected chi connectivity index (χ3v) is 3.61. The van der Waals surface area contributed by atoms with Crippen molar-refractivity contribution in [2.24, 2.45) is 0 Å². The molecule has 0 amide bonds. The molecule has 1 saturated heterocycles. The second-order valence-corrected chi connectivity index (χ2v) is 5.11. The average Bonchev–Trinajstić information content (AvgIpc) is 3.01. The maximum Gasteiger partial charge on any atom is 0.223 e. The smallest absolute Gasteiger partial charge is 0.223 e. The van der Waals surface area contributed by atoms with E-state index in [-0.39, 0.29) is 5.95 Å². The van der Waals surface area contributed by atoms with E-state index in [4.69, 9.17) is 5.73 Å². The summed E-state index contributed by atoms with van der Waals surface area (Å²) in [6.45, 7) is 2.31. The Kier molecular flexibility index (Phi) is 3.77. The number of aromatic nitrogens is 2. The summed E-state index contributed by atoms with van der Waals surface area (Å²) in [5.41, 5.74) is 7.95. The Morgan fingerprint density at radius 1 is 1.05 bits per heavy atom. The fourth-order valence-corrected chi connectivity index (χ4v) is 2.54. The standard InChI is InChI=1S/C15H20N6/c1-17-13-10-14(20-15(16)19-13)18-11-4-6-12(7-5-11)21-8-2-3-9-21/h4-7,10H,2-3,8-9H2,1H3,(H4,16,17,18,19,20). The van der Waals surface area contributed by atoms with Crippen molar-refractivity contribution in [2.45, 2.75) is 12.8 Å². The van der Waals surface area contributed by atoms with Crippen LogP contribution in [0.15, 0.2) is 30.3 Å². The van der Waals surface area contributed by atoms with Gasteiger partial charge in [-0.2, -0.15) is 9.97 Å². The highest BCUT2D eigenvalue weighted by Gasteiger charge is 2.11. The number of nitrogens with two attached hydrogens (primary N) is 1. The molecule has 1 fully saturated rings. The fourth-order valence-electron chi connectivity index (χ4n) is 2.54. The van der Waals surface area contributed by atoms with Crippen molar-refractivity contribution < 1.29 is 0 Å². The molecule has 1 aliphatic rings. The van der Waals surface area contributed by atoms with E-state index in [0.717, 1.165) is 18.8 Å². The molecule has 1 aromatic carbocycles. The van der Waals surface area contributed by atoms with Crippen LogP contribution in [-0.2, 0) is 0 Å². The summed E-state index contributed by atoms with van der Waals surface area (Å²) in [6.07, 6.45) is 2.57. The fraction of sp³-hybridized carbons (Fsp3) is 0.333. The van der Waals surface area contributed by atoms with Crippen molar-refractivity contribution in [3.63, 3.8) is 0 Å². The van der Waals surface area contributed by atoms with Gasteiger partial charge in [0.05, 0.1) is 0 Å². The monoisotopic (exact) mass is 284 g/mol. The minimum atomic E-state index is 0.248. The van der Waals surface area contributed by atoms with Crippen molar-refractivity contribution >= 4 is 29.0 Å². The van der Waals surface area contributed by atoms with Crippen LogP contribution < -0.4 is 21.3 Å². The Labute approximate surface area is 124 Å². The van der Waals surface area contributed by atoms with Gasteiger partial charge in [-0.3, -0.25) is 0 Å². The molecule has 0 unspecified atom stereocenters. The lowest BCUT2D eigenvalue weighted by Crippen LogP contribution is -2.17. The predicted octanol–water partition coefficient (Wildman–Crippen LogP) is 2.44. The van der Waals surface area contributed by atoms with Gasteiger partial charge in [0.1, 0.15) is 11.6 Å². The third kappa shape index (κ3) is 3.16. The molecule has 6 nitrogen and oxygen atoms in total. The normalized spacial score (nSPS) is 14.2. The lowest BCUT2D eigenvalue weighted by Gasteiger charge is -2.18. The van der Waals surface area contributed by atoms with Gasteiger partial charge in [0.15, 0.2) is 0 Å². The average molecular weight is 284 g/mol. The molecule has 1 aromatic heterocycles. The number of benzene rings is 1. The number of rotatable bonds is 4. The summed E-state index contributed by atoms with van der Waals surface area (Å²) in [4.78, 5) is 10.7. The summed E-state index contributed by atoms with van der Waals surface area (Å²) in [5.74, 6) is 1.62. The van der Waals surface area contributed by atoms with Crippen molar-refractivity contribution in [2.75, 3.05) is 41.4 Å². The van der Waals surface area contributed by atoms with E-state index >= 15 is 0 Å². The van der Waals surface area contributed by atoms with E-state index in [1.807, 2.05) is 6.07 Å². The maximum absolute atomic E-state index is 5.69. The van der Waals surface area contributed by atoms with Crippen LogP contribution in [0.1, 0.15) is 12.8 Å². The summed E-state index contributed by atoms with van der Waals surface area (Å²) < 4.78 is 0. The summed E-state index contributed by atoms with van der Waals surface area (Å²) in [6, 6.07) is 10.2. The molecule has 0 bridgehead atoms. The molecule has 0 saturated carbocycles. The summed E-state index contributed by atoms with van der Waals surface area (Å²) in [5, 5.41) is 6.21. The van der Waals surface area contributed by atoms with Crippen LogP contribution in [0.25, 0.3) is 0 Å². The highest BCUT2D eigenvalue weighted by atomic mass is 15.1. The van der Waals surface area contributed by atoms with Crippen LogP contribution in [-0.4, -0.2) is 30.1 Å². The molecule has 1 aliphatic heterocycles. The van der Waals surface area contributed by atoms with Gasteiger partial charge in [-0.05, 0) is 37.1 Å². The summed E-state index contributed by atoms with van der Waals surface area (Å²) >= 11 is 0. The van der Waals surface area contributed by atoms with E-state index < -0.39 is 0 Å². The molecule has 6 heteroatoms. The van der Waals surface area contributed by atoms with Gasteiger partial charge in [0.2, 0.25) is 5.95 Å². The first-order chi connectivity index (χ1) is 10.2. The molecule has 0 aliphatic carbocycles. The quantitative estimate of drug-likeness (QED) is 0.800. The minimum absolute atomic E-state index is 0.248. The highest BCUT2D eigenvalue weighted by molar-refractivity contribution is 5.63. The van der Waals surface area contributed by atoms with Crippen LogP contribution in [0.4, 0.5) is 29.0 Å². The maximum atomic E-state index is 5.69. The zero-order valence-electron chi connectivity index (χ0n) is 12.1. The first kappa shape index (κ1) is 13.5. The number of nitrogens with one attached hydrogen (secondary N) is 2. The topological polar surface area (TPSA) is 79.1 Å². The van der Waals surface area contributed by atoms with Gasteiger partial charge in [-0.1, -0.05) is 0 Å². The van der Waals surface area contributed by atoms with Crippen LogP contribution in [0.2, 0.25) is 0 Å². The van der Waals surface area contributed by atoms with Gasteiger partial charge in [0.25, 0.3) is 0 Å². The predicted molar refractivity (Wildman–Crippen MR) is 87.2 cm³/mol. The molecule has 2 aromatic rings. The molecule has 3 rings (SSSR count).